The Morgan fingerprint density at radius 2 is 1.73 bits per heavy atom. The highest BCUT2D eigenvalue weighted by molar-refractivity contribution is 6.34. The highest BCUT2D eigenvalue weighted by Gasteiger charge is 2.10. The van der Waals surface area contributed by atoms with E-state index in [1.165, 1.54) is 14.2 Å². The van der Waals surface area contributed by atoms with Crippen molar-refractivity contribution in [3.63, 3.8) is 0 Å². The summed E-state index contributed by atoms with van der Waals surface area (Å²) in [5, 5.41) is 0.543. The number of hydrogen-bond acceptors (Lipinski definition) is 4. The standard InChI is InChI=1S/C10H9ClN2O2/c1-14-9-10(15-2)13-8-6(11)4-3-5-7(8)12-9/h3-5H,1-2H3. The van der Waals surface area contributed by atoms with Gasteiger partial charge in [-0.3, -0.25) is 0 Å². The minimum atomic E-state index is 0.332. The van der Waals surface area contributed by atoms with Gasteiger partial charge in [0.25, 0.3) is 11.8 Å². The van der Waals surface area contributed by atoms with Crippen LogP contribution in [0.3, 0.4) is 0 Å². The molecule has 2 rings (SSSR count). The van der Waals surface area contributed by atoms with Gasteiger partial charge in [-0.2, -0.15) is 0 Å². The van der Waals surface area contributed by atoms with Gasteiger partial charge in [0.15, 0.2) is 0 Å². The first-order valence-corrected chi connectivity index (χ1v) is 4.68. The molecular weight excluding hydrogens is 216 g/mol. The third kappa shape index (κ3) is 1.68. The topological polar surface area (TPSA) is 44.2 Å². The van der Waals surface area contributed by atoms with Crippen LogP contribution in [0.4, 0.5) is 0 Å². The molecule has 0 N–H and O–H groups in total. The molecule has 2 aromatic rings. The van der Waals surface area contributed by atoms with Crippen LogP contribution >= 0.6 is 11.6 Å². The average Bonchev–Trinajstić information content (AvgIpc) is 2.28. The van der Waals surface area contributed by atoms with E-state index in [0.29, 0.717) is 27.8 Å². The van der Waals surface area contributed by atoms with E-state index in [0.717, 1.165) is 0 Å². The average molecular weight is 225 g/mol. The number of ether oxygens (including phenoxy) is 2. The number of methoxy groups -OCH3 is 2. The number of nitrogens with zero attached hydrogens (tertiary/aromatic N) is 2. The highest BCUT2D eigenvalue weighted by Crippen LogP contribution is 2.28. The fraction of sp³-hybridized carbons (Fsp3) is 0.200. The lowest BCUT2D eigenvalue weighted by Crippen LogP contribution is -1.97. The number of halogens is 1. The van der Waals surface area contributed by atoms with E-state index in [4.69, 9.17) is 21.1 Å². The summed E-state index contributed by atoms with van der Waals surface area (Å²) in [7, 11) is 3.03. The van der Waals surface area contributed by atoms with Crippen LogP contribution in [0, 0.1) is 0 Å². The Kier molecular flexibility index (Phi) is 2.60. The summed E-state index contributed by atoms with van der Waals surface area (Å²) in [5.41, 5.74) is 1.29. The van der Waals surface area contributed by atoms with Gasteiger partial charge >= 0.3 is 0 Å². The van der Waals surface area contributed by atoms with E-state index in [2.05, 4.69) is 9.97 Å². The number of benzene rings is 1. The fourth-order valence-corrected chi connectivity index (χ4v) is 1.49. The van der Waals surface area contributed by atoms with Crippen LogP contribution in [0.1, 0.15) is 0 Å². The van der Waals surface area contributed by atoms with Crippen LogP contribution in [0.2, 0.25) is 5.02 Å². The molecule has 1 aromatic carbocycles. The van der Waals surface area contributed by atoms with E-state index in [1.54, 1.807) is 6.07 Å². The maximum Gasteiger partial charge on any atom is 0.278 e. The zero-order valence-corrected chi connectivity index (χ0v) is 9.08. The second-order valence-electron chi connectivity index (χ2n) is 2.85. The summed E-state index contributed by atoms with van der Waals surface area (Å²) in [6.45, 7) is 0. The molecule has 0 atom stereocenters. The first-order chi connectivity index (χ1) is 7.26. The molecule has 0 aliphatic carbocycles. The summed E-state index contributed by atoms with van der Waals surface area (Å²) in [5.74, 6) is 0.686. The Bertz CT molecular complexity index is 502. The zero-order valence-electron chi connectivity index (χ0n) is 8.32. The Morgan fingerprint density at radius 1 is 1.07 bits per heavy atom. The lowest BCUT2D eigenvalue weighted by atomic mass is 10.3. The highest BCUT2D eigenvalue weighted by atomic mass is 35.5. The lowest BCUT2D eigenvalue weighted by molar-refractivity contribution is 0.334. The number of rotatable bonds is 2. The van der Waals surface area contributed by atoms with Gasteiger partial charge in [0.05, 0.1) is 24.8 Å². The molecule has 0 amide bonds. The second kappa shape index (κ2) is 3.90. The summed E-state index contributed by atoms with van der Waals surface area (Å²) in [6, 6.07) is 5.38. The van der Waals surface area contributed by atoms with Crippen molar-refractivity contribution in [2.75, 3.05) is 14.2 Å². The van der Waals surface area contributed by atoms with Gasteiger partial charge in [-0.25, -0.2) is 9.97 Å². The Morgan fingerprint density at radius 3 is 2.40 bits per heavy atom. The van der Waals surface area contributed by atoms with Crippen molar-refractivity contribution in [3.05, 3.63) is 23.2 Å². The number of fused-ring (bicyclic) bond motifs is 1. The molecule has 1 heterocycles. The van der Waals surface area contributed by atoms with Crippen molar-refractivity contribution in [2.45, 2.75) is 0 Å². The molecule has 0 saturated heterocycles. The second-order valence-corrected chi connectivity index (χ2v) is 3.26. The van der Waals surface area contributed by atoms with E-state index >= 15 is 0 Å². The van der Waals surface area contributed by atoms with E-state index < -0.39 is 0 Å². The quantitative estimate of drug-likeness (QED) is 0.785. The van der Waals surface area contributed by atoms with Crippen molar-refractivity contribution in [2.24, 2.45) is 0 Å². The van der Waals surface area contributed by atoms with Crippen LogP contribution in [-0.2, 0) is 0 Å². The third-order valence-corrected chi connectivity index (χ3v) is 2.28. The van der Waals surface area contributed by atoms with Crippen LogP contribution in [-0.4, -0.2) is 24.2 Å². The molecular formula is C10H9ClN2O2. The van der Waals surface area contributed by atoms with Crippen molar-refractivity contribution in [1.82, 2.24) is 9.97 Å². The minimum absolute atomic E-state index is 0.332. The first kappa shape index (κ1) is 9.98. The first-order valence-electron chi connectivity index (χ1n) is 4.30. The van der Waals surface area contributed by atoms with E-state index in [9.17, 15) is 0 Å². The van der Waals surface area contributed by atoms with Gasteiger partial charge in [0, 0.05) is 0 Å². The minimum Gasteiger partial charge on any atom is -0.477 e. The van der Waals surface area contributed by atoms with Gasteiger partial charge in [-0.15, -0.1) is 0 Å². The largest absolute Gasteiger partial charge is 0.477 e. The summed E-state index contributed by atoms with van der Waals surface area (Å²) in [6.07, 6.45) is 0. The van der Waals surface area contributed by atoms with Crippen LogP contribution in [0.15, 0.2) is 18.2 Å². The van der Waals surface area contributed by atoms with Crippen LogP contribution in [0.5, 0.6) is 11.8 Å². The molecule has 0 radical (unpaired) electrons. The van der Waals surface area contributed by atoms with Crippen molar-refractivity contribution in [3.8, 4) is 11.8 Å². The predicted octanol–water partition coefficient (Wildman–Crippen LogP) is 2.30. The van der Waals surface area contributed by atoms with E-state index in [-0.39, 0.29) is 0 Å². The molecule has 1 aromatic heterocycles. The predicted molar refractivity (Wildman–Crippen MR) is 57.7 cm³/mol. The molecule has 0 bridgehead atoms. The van der Waals surface area contributed by atoms with E-state index in [1.807, 2.05) is 12.1 Å². The van der Waals surface area contributed by atoms with Crippen molar-refractivity contribution in [1.29, 1.82) is 0 Å². The molecule has 0 unspecified atom stereocenters. The van der Waals surface area contributed by atoms with Gasteiger partial charge < -0.3 is 9.47 Å². The fourth-order valence-electron chi connectivity index (χ4n) is 1.28. The van der Waals surface area contributed by atoms with Crippen molar-refractivity contribution < 1.29 is 9.47 Å². The Labute approximate surface area is 91.8 Å². The number of hydrogen-bond donors (Lipinski definition) is 0. The summed E-state index contributed by atoms with van der Waals surface area (Å²) >= 11 is 5.98. The molecule has 15 heavy (non-hydrogen) atoms. The molecule has 0 saturated carbocycles. The molecule has 0 spiro atoms. The molecule has 0 aliphatic rings. The molecule has 78 valence electrons. The lowest BCUT2D eigenvalue weighted by Gasteiger charge is -2.07. The SMILES string of the molecule is COc1nc2cccc(Cl)c2nc1OC. The number of para-hydroxylation sites is 1. The normalized spacial score (nSPS) is 10.3. The zero-order chi connectivity index (χ0) is 10.8. The molecule has 0 fully saturated rings. The summed E-state index contributed by atoms with van der Waals surface area (Å²) < 4.78 is 10.1. The maximum absolute atomic E-state index is 5.98. The van der Waals surface area contributed by atoms with Crippen LogP contribution < -0.4 is 9.47 Å². The third-order valence-electron chi connectivity index (χ3n) is 1.97. The smallest absolute Gasteiger partial charge is 0.278 e. The van der Waals surface area contributed by atoms with Crippen molar-refractivity contribution >= 4 is 22.6 Å². The summed E-state index contributed by atoms with van der Waals surface area (Å²) in [4.78, 5) is 8.45. The number of aromatic nitrogens is 2. The molecule has 5 heteroatoms. The van der Waals surface area contributed by atoms with Gasteiger partial charge in [0.1, 0.15) is 5.52 Å². The Hall–Kier alpha value is -1.55. The maximum atomic E-state index is 5.98. The van der Waals surface area contributed by atoms with Crippen LogP contribution in [0.25, 0.3) is 11.0 Å². The molecule has 0 aliphatic heterocycles. The van der Waals surface area contributed by atoms with Gasteiger partial charge in [-0.05, 0) is 12.1 Å². The molecule has 4 nitrogen and oxygen atoms in total. The van der Waals surface area contributed by atoms with Gasteiger partial charge in [0.2, 0.25) is 0 Å². The van der Waals surface area contributed by atoms with Gasteiger partial charge in [-0.1, -0.05) is 17.7 Å². The Balaban J connectivity index is 2.75. The monoisotopic (exact) mass is 224 g/mol.